The van der Waals surface area contributed by atoms with Crippen LogP contribution < -0.4 is 10.1 Å². The average Bonchev–Trinajstić information content (AvgIpc) is 2.77. The van der Waals surface area contributed by atoms with Gasteiger partial charge in [-0.3, -0.25) is 4.79 Å². The van der Waals surface area contributed by atoms with Gasteiger partial charge in [0, 0.05) is 17.1 Å². The minimum atomic E-state index is -0.450. The summed E-state index contributed by atoms with van der Waals surface area (Å²) in [6.07, 6.45) is 2.19. The van der Waals surface area contributed by atoms with Crippen LogP contribution in [0.3, 0.4) is 0 Å². The third kappa shape index (κ3) is 5.78. The molecule has 0 atom stereocenters. The summed E-state index contributed by atoms with van der Waals surface area (Å²) in [6.45, 7) is 6.40. The predicted octanol–water partition coefficient (Wildman–Crippen LogP) is 6.49. The van der Waals surface area contributed by atoms with Crippen LogP contribution in [0.5, 0.6) is 5.75 Å². The van der Waals surface area contributed by atoms with Crippen molar-refractivity contribution in [2.45, 2.75) is 27.2 Å². The lowest BCUT2D eigenvalue weighted by Gasteiger charge is -2.12. The van der Waals surface area contributed by atoms with Crippen LogP contribution in [-0.4, -0.2) is 12.5 Å². The van der Waals surface area contributed by atoms with E-state index in [2.05, 4.69) is 5.32 Å². The molecule has 3 aromatic carbocycles. The number of benzene rings is 3. The molecule has 0 aliphatic rings. The molecule has 32 heavy (non-hydrogen) atoms. The Bertz CT molecular complexity index is 1210. The molecule has 1 amide bonds. The topological polar surface area (TPSA) is 62.1 Å². The van der Waals surface area contributed by atoms with Crippen LogP contribution in [0.1, 0.15) is 34.7 Å². The Hall–Kier alpha value is -3.55. The summed E-state index contributed by atoms with van der Waals surface area (Å²) in [4.78, 5) is 12.7. The number of nitrogens with zero attached hydrogens (tertiary/aromatic N) is 1. The van der Waals surface area contributed by atoms with Gasteiger partial charge >= 0.3 is 0 Å². The van der Waals surface area contributed by atoms with E-state index < -0.39 is 5.91 Å². The Labute approximate surface area is 194 Å². The van der Waals surface area contributed by atoms with Crippen LogP contribution in [-0.2, 0) is 11.2 Å². The standard InChI is InChI=1S/C27H25ClN2O2/c1-4-32-26-15-20(10-11-22(26)16-21-7-5-6-8-25(21)28)14-23(17-29)27(31)30-24-12-9-18(2)19(3)13-24/h5-15H,4,16H2,1-3H3,(H,30,31)/b23-14+. The largest absolute Gasteiger partial charge is 0.494 e. The van der Waals surface area contributed by atoms with Crippen molar-refractivity contribution in [1.82, 2.24) is 0 Å². The average molecular weight is 445 g/mol. The van der Waals surface area contributed by atoms with E-state index in [1.165, 1.54) is 0 Å². The lowest BCUT2D eigenvalue weighted by atomic mass is 10.0. The first-order valence-corrected chi connectivity index (χ1v) is 10.8. The molecule has 0 fully saturated rings. The summed E-state index contributed by atoms with van der Waals surface area (Å²) in [6, 6.07) is 21.0. The SMILES string of the molecule is CCOc1cc(/C=C(\C#N)C(=O)Nc2ccc(C)c(C)c2)ccc1Cc1ccccc1Cl. The first-order valence-electron chi connectivity index (χ1n) is 10.4. The van der Waals surface area contributed by atoms with Gasteiger partial charge in [-0.1, -0.05) is 48.0 Å². The summed E-state index contributed by atoms with van der Waals surface area (Å²) in [5.74, 6) is 0.252. The molecule has 0 spiro atoms. The van der Waals surface area contributed by atoms with Gasteiger partial charge in [0.2, 0.25) is 0 Å². The Kier molecular flexibility index (Phi) is 7.70. The quantitative estimate of drug-likeness (QED) is 0.334. The highest BCUT2D eigenvalue weighted by Gasteiger charge is 2.12. The molecule has 0 aromatic heterocycles. The van der Waals surface area contributed by atoms with Crippen molar-refractivity contribution in [1.29, 1.82) is 5.26 Å². The zero-order chi connectivity index (χ0) is 23.1. The van der Waals surface area contributed by atoms with Gasteiger partial charge in [0.05, 0.1) is 6.61 Å². The zero-order valence-electron chi connectivity index (χ0n) is 18.4. The summed E-state index contributed by atoms with van der Waals surface area (Å²) in [5, 5.41) is 13.1. The summed E-state index contributed by atoms with van der Waals surface area (Å²) < 4.78 is 5.83. The molecule has 5 heteroatoms. The number of carbonyl (C=O) groups is 1. The van der Waals surface area contributed by atoms with Gasteiger partial charge in [-0.15, -0.1) is 0 Å². The molecule has 4 nitrogen and oxygen atoms in total. The lowest BCUT2D eigenvalue weighted by Crippen LogP contribution is -2.13. The molecule has 0 unspecified atom stereocenters. The highest BCUT2D eigenvalue weighted by atomic mass is 35.5. The second kappa shape index (κ2) is 10.7. The van der Waals surface area contributed by atoms with Gasteiger partial charge in [0.15, 0.2) is 0 Å². The summed E-state index contributed by atoms with van der Waals surface area (Å²) >= 11 is 6.31. The fourth-order valence-corrected chi connectivity index (χ4v) is 3.48. The predicted molar refractivity (Wildman–Crippen MR) is 130 cm³/mol. The molecule has 0 heterocycles. The van der Waals surface area contributed by atoms with E-state index in [9.17, 15) is 10.1 Å². The maximum Gasteiger partial charge on any atom is 0.266 e. The molecule has 0 aliphatic heterocycles. The fraction of sp³-hybridized carbons (Fsp3) is 0.185. The van der Waals surface area contributed by atoms with Crippen LogP contribution >= 0.6 is 11.6 Å². The number of nitriles is 1. The van der Waals surface area contributed by atoms with Crippen molar-refractivity contribution < 1.29 is 9.53 Å². The smallest absolute Gasteiger partial charge is 0.266 e. The molecule has 0 saturated heterocycles. The second-order valence-corrected chi connectivity index (χ2v) is 7.90. The van der Waals surface area contributed by atoms with Crippen molar-refractivity contribution in [3.05, 3.63) is 99.1 Å². The number of nitrogens with one attached hydrogen (secondary N) is 1. The number of aryl methyl sites for hydroxylation is 2. The number of hydrogen-bond acceptors (Lipinski definition) is 3. The van der Waals surface area contributed by atoms with E-state index in [1.54, 1.807) is 6.08 Å². The van der Waals surface area contributed by atoms with E-state index >= 15 is 0 Å². The Morgan fingerprint density at radius 2 is 1.84 bits per heavy atom. The third-order valence-corrected chi connectivity index (χ3v) is 5.54. The van der Waals surface area contributed by atoms with Crippen LogP contribution in [0.25, 0.3) is 6.08 Å². The van der Waals surface area contributed by atoms with Gasteiger partial charge in [-0.05, 0) is 78.9 Å². The van der Waals surface area contributed by atoms with E-state index in [0.29, 0.717) is 35.1 Å². The minimum absolute atomic E-state index is 0.0181. The molecule has 0 bridgehead atoms. The number of rotatable bonds is 7. The number of hydrogen-bond donors (Lipinski definition) is 1. The maximum atomic E-state index is 12.7. The molecular formula is C27H25ClN2O2. The Morgan fingerprint density at radius 1 is 1.06 bits per heavy atom. The van der Waals surface area contributed by atoms with E-state index in [1.807, 2.05) is 87.5 Å². The zero-order valence-corrected chi connectivity index (χ0v) is 19.2. The van der Waals surface area contributed by atoms with Crippen molar-refractivity contribution in [3.8, 4) is 11.8 Å². The van der Waals surface area contributed by atoms with Crippen molar-refractivity contribution in [2.24, 2.45) is 0 Å². The second-order valence-electron chi connectivity index (χ2n) is 7.49. The molecule has 3 rings (SSSR count). The van der Waals surface area contributed by atoms with Crippen LogP contribution in [0.15, 0.2) is 66.2 Å². The molecular weight excluding hydrogens is 420 g/mol. The monoisotopic (exact) mass is 444 g/mol. The van der Waals surface area contributed by atoms with Gasteiger partial charge in [-0.25, -0.2) is 0 Å². The highest BCUT2D eigenvalue weighted by molar-refractivity contribution is 6.31. The minimum Gasteiger partial charge on any atom is -0.494 e. The van der Waals surface area contributed by atoms with Crippen LogP contribution in [0, 0.1) is 25.2 Å². The third-order valence-electron chi connectivity index (χ3n) is 5.17. The Morgan fingerprint density at radius 3 is 2.53 bits per heavy atom. The number of ether oxygens (including phenoxy) is 1. The van der Waals surface area contributed by atoms with Gasteiger partial charge in [0.25, 0.3) is 5.91 Å². The van der Waals surface area contributed by atoms with Gasteiger partial charge in [-0.2, -0.15) is 5.26 Å². The molecule has 0 saturated carbocycles. The fourth-order valence-electron chi connectivity index (χ4n) is 3.28. The first-order chi connectivity index (χ1) is 15.4. The highest BCUT2D eigenvalue weighted by Crippen LogP contribution is 2.27. The van der Waals surface area contributed by atoms with E-state index in [0.717, 1.165) is 22.3 Å². The lowest BCUT2D eigenvalue weighted by molar-refractivity contribution is -0.112. The van der Waals surface area contributed by atoms with E-state index in [4.69, 9.17) is 16.3 Å². The number of carbonyl (C=O) groups excluding carboxylic acids is 1. The summed E-state index contributed by atoms with van der Waals surface area (Å²) in [7, 11) is 0. The number of anilines is 1. The van der Waals surface area contributed by atoms with Gasteiger partial charge < -0.3 is 10.1 Å². The van der Waals surface area contributed by atoms with Gasteiger partial charge in [0.1, 0.15) is 17.4 Å². The number of amides is 1. The molecule has 162 valence electrons. The molecule has 0 aliphatic carbocycles. The van der Waals surface area contributed by atoms with Crippen molar-refractivity contribution in [2.75, 3.05) is 11.9 Å². The van der Waals surface area contributed by atoms with Crippen LogP contribution in [0.4, 0.5) is 5.69 Å². The Balaban J connectivity index is 1.85. The molecule has 1 N–H and O–H groups in total. The molecule has 3 aromatic rings. The van der Waals surface area contributed by atoms with Crippen molar-refractivity contribution in [3.63, 3.8) is 0 Å². The van der Waals surface area contributed by atoms with E-state index in [-0.39, 0.29) is 5.57 Å². The first kappa shape index (κ1) is 23.1. The maximum absolute atomic E-state index is 12.7. The van der Waals surface area contributed by atoms with Crippen molar-refractivity contribution >= 4 is 29.3 Å². The van der Waals surface area contributed by atoms with Crippen LogP contribution in [0.2, 0.25) is 5.02 Å². The summed E-state index contributed by atoms with van der Waals surface area (Å²) in [5.41, 5.74) is 5.58. The normalized spacial score (nSPS) is 11.0. The number of halogens is 1. The molecule has 0 radical (unpaired) electrons.